The van der Waals surface area contributed by atoms with Crippen LogP contribution in [0, 0.1) is 0 Å². The van der Waals surface area contributed by atoms with Gasteiger partial charge in [0.25, 0.3) is 0 Å². The number of hydrogen-bond acceptors (Lipinski definition) is 0. The highest BCUT2D eigenvalue weighted by molar-refractivity contribution is 6.19. The number of para-hydroxylation sites is 4. The summed E-state index contributed by atoms with van der Waals surface area (Å²) in [5.41, 5.74) is 26.4. The predicted molar refractivity (Wildman–Crippen MR) is 485 cm³/mol. The lowest BCUT2D eigenvalue weighted by atomic mass is 9.98. The van der Waals surface area contributed by atoms with E-state index >= 15 is 0 Å². The van der Waals surface area contributed by atoms with Crippen molar-refractivity contribution in [3.05, 3.63) is 425 Å². The van der Waals surface area contributed by atoms with E-state index in [9.17, 15) is 0 Å². The molecule has 0 aliphatic heterocycles. The summed E-state index contributed by atoms with van der Waals surface area (Å²) in [7, 11) is 0. The van der Waals surface area contributed by atoms with E-state index in [1.165, 1.54) is 208 Å². The molecule has 0 radical (unpaired) electrons. The van der Waals surface area contributed by atoms with Crippen molar-refractivity contribution >= 4 is 141 Å². The molecule has 0 N–H and O–H groups in total. The summed E-state index contributed by atoms with van der Waals surface area (Å²) in [6.07, 6.45) is 0. The van der Waals surface area contributed by atoms with Crippen molar-refractivity contribution in [3.8, 4) is 78.4 Å². The van der Waals surface area contributed by atoms with Crippen LogP contribution in [0.3, 0.4) is 0 Å². The van der Waals surface area contributed by atoms with Crippen molar-refractivity contribution < 1.29 is 0 Å². The lowest BCUT2D eigenvalue weighted by molar-refractivity contribution is 1.18. The Labute approximate surface area is 658 Å². The second-order valence-corrected chi connectivity index (χ2v) is 30.2. The minimum atomic E-state index is 1.15. The highest BCUT2D eigenvalue weighted by atomic mass is 15.0. The van der Waals surface area contributed by atoms with Gasteiger partial charge < -0.3 is 18.3 Å². The molecule has 4 heterocycles. The number of hydrogen-bond donors (Lipinski definition) is 0. The second kappa shape index (κ2) is 26.3. The van der Waals surface area contributed by atoms with Gasteiger partial charge in [-0.15, -0.1) is 0 Å². The molecule has 20 aromatic carbocycles. The molecule has 0 amide bonds. The summed E-state index contributed by atoms with van der Waals surface area (Å²) >= 11 is 0. The molecule has 4 heteroatoms. The maximum Gasteiger partial charge on any atom is 0.0546 e. The zero-order valence-corrected chi connectivity index (χ0v) is 62.2. The van der Waals surface area contributed by atoms with Gasteiger partial charge in [0, 0.05) is 65.2 Å². The molecule has 24 rings (SSSR count). The van der Waals surface area contributed by atoms with E-state index in [0.29, 0.717) is 0 Å². The van der Waals surface area contributed by atoms with E-state index in [-0.39, 0.29) is 0 Å². The van der Waals surface area contributed by atoms with Gasteiger partial charge in [-0.25, -0.2) is 0 Å². The van der Waals surface area contributed by atoms with E-state index in [1.807, 2.05) is 0 Å². The first-order chi connectivity index (χ1) is 56.5. The Bertz CT molecular complexity index is 7960. The van der Waals surface area contributed by atoms with E-state index in [1.54, 1.807) is 0 Å². The maximum absolute atomic E-state index is 2.47. The third-order valence-corrected chi connectivity index (χ3v) is 23.9. The standard InChI is InChI=1S/C56H36N2.C54H34N2/c1-3-15-37(16-4-1)42-31-43(38-17-5-2-6-18-38)33-44(32-42)57-52-25-13-11-23-48(52)50-34-39(27-29-54(50)57)40-28-30-55-51(35-40)49-24-12-14-26-53(49)58(55)56-36-41-19-7-8-20-45(41)46-21-9-10-22-47(46)56;1-3-15-41-35(12-1)14-11-21-42(41)36-24-28-40(29-25-36)55-50-22-9-7-19-46(50)48-32-37(26-30-52(48)55)38-27-31-53-49(33-38)47-20-8-10-23-51(47)56(53)54-34-39-13-2-4-16-43(39)44-17-5-6-18-45(44)54/h1-36H;1-34H. The van der Waals surface area contributed by atoms with Gasteiger partial charge in [0.05, 0.1) is 55.5 Å². The summed E-state index contributed by atoms with van der Waals surface area (Å²) in [5, 5.41) is 22.6. The molecule has 0 aliphatic rings. The highest BCUT2D eigenvalue weighted by Crippen LogP contribution is 2.45. The zero-order valence-electron chi connectivity index (χ0n) is 62.2. The van der Waals surface area contributed by atoms with Crippen LogP contribution < -0.4 is 0 Å². The topological polar surface area (TPSA) is 19.7 Å². The van der Waals surface area contributed by atoms with E-state index in [2.05, 4.69) is 443 Å². The highest BCUT2D eigenvalue weighted by Gasteiger charge is 2.23. The van der Waals surface area contributed by atoms with Gasteiger partial charge in [0.15, 0.2) is 0 Å². The van der Waals surface area contributed by atoms with Crippen LogP contribution in [0.15, 0.2) is 425 Å². The maximum atomic E-state index is 2.47. The third-order valence-electron chi connectivity index (χ3n) is 23.9. The molecule has 0 aliphatic carbocycles. The Hall–Kier alpha value is -15.1. The molecule has 4 nitrogen and oxygen atoms in total. The molecule has 114 heavy (non-hydrogen) atoms. The van der Waals surface area contributed by atoms with Crippen LogP contribution in [0.1, 0.15) is 0 Å². The molecular weight excluding hydrogens is 1380 g/mol. The molecule has 4 aromatic heterocycles. The Morgan fingerprint density at radius 2 is 0.421 bits per heavy atom. The molecule has 0 atom stereocenters. The van der Waals surface area contributed by atoms with Crippen LogP contribution >= 0.6 is 0 Å². The summed E-state index contributed by atoms with van der Waals surface area (Å²) in [6.45, 7) is 0. The van der Waals surface area contributed by atoms with Crippen molar-refractivity contribution in [1.82, 2.24) is 18.3 Å². The molecular formula is C110H70N4. The number of nitrogens with zero attached hydrogens (tertiary/aromatic N) is 4. The van der Waals surface area contributed by atoms with Crippen LogP contribution in [0.2, 0.25) is 0 Å². The van der Waals surface area contributed by atoms with Crippen molar-refractivity contribution in [2.45, 2.75) is 0 Å². The third kappa shape index (κ3) is 10.5. The smallest absolute Gasteiger partial charge is 0.0546 e. The Morgan fingerprint density at radius 1 is 0.123 bits per heavy atom. The first-order valence-electron chi connectivity index (χ1n) is 39.4. The molecule has 0 unspecified atom stereocenters. The number of rotatable bonds is 9. The van der Waals surface area contributed by atoms with Crippen LogP contribution in [0.5, 0.6) is 0 Å². The monoisotopic (exact) mass is 1450 g/mol. The van der Waals surface area contributed by atoms with E-state index in [4.69, 9.17) is 0 Å². The van der Waals surface area contributed by atoms with Crippen LogP contribution in [-0.2, 0) is 0 Å². The summed E-state index contributed by atoms with van der Waals surface area (Å²) < 4.78 is 9.78. The van der Waals surface area contributed by atoms with Gasteiger partial charge in [-0.05, 0) is 214 Å². The second-order valence-electron chi connectivity index (χ2n) is 30.2. The molecule has 530 valence electrons. The molecule has 0 saturated heterocycles. The molecule has 0 saturated carbocycles. The van der Waals surface area contributed by atoms with Gasteiger partial charge in [-0.3, -0.25) is 0 Å². The van der Waals surface area contributed by atoms with Crippen LogP contribution in [-0.4, -0.2) is 18.3 Å². The molecule has 0 spiro atoms. The summed E-state index contributed by atoms with van der Waals surface area (Å²) in [4.78, 5) is 0. The fourth-order valence-electron chi connectivity index (χ4n) is 18.7. The average Bonchev–Trinajstić information content (AvgIpc) is 1.56. The lowest BCUT2D eigenvalue weighted by Gasteiger charge is -2.14. The predicted octanol–water partition coefficient (Wildman–Crippen LogP) is 29.9. The largest absolute Gasteiger partial charge is 0.309 e. The summed E-state index contributed by atoms with van der Waals surface area (Å²) in [5.74, 6) is 0. The van der Waals surface area contributed by atoms with Gasteiger partial charge in [0.1, 0.15) is 0 Å². The van der Waals surface area contributed by atoms with E-state index in [0.717, 1.165) is 11.4 Å². The SMILES string of the molecule is c1ccc(-c2cc(-c3ccccc3)cc(-n3c4ccccc4c4cc(-c5ccc6c(c5)c5ccccc5n6-c5cc6ccccc6c6ccccc56)ccc43)c2)cc1.c1ccc2c(-c3ccc(-n4c5ccccc5c5cc(-c6ccc7c(c6)c6ccccc6n7-c6cc7ccccc7c7ccccc67)ccc54)cc3)cccc2c1. The van der Waals surface area contributed by atoms with Crippen molar-refractivity contribution in [1.29, 1.82) is 0 Å². The minimum Gasteiger partial charge on any atom is -0.309 e. The first-order valence-corrected chi connectivity index (χ1v) is 39.4. The van der Waals surface area contributed by atoms with Gasteiger partial charge in [-0.2, -0.15) is 0 Å². The van der Waals surface area contributed by atoms with Crippen LogP contribution in [0.25, 0.3) is 219 Å². The van der Waals surface area contributed by atoms with E-state index < -0.39 is 0 Å². The zero-order chi connectivity index (χ0) is 74.9. The Balaban J connectivity index is 0.000000135. The van der Waals surface area contributed by atoms with Crippen molar-refractivity contribution in [2.75, 3.05) is 0 Å². The fraction of sp³-hybridized carbons (Fsp3) is 0. The van der Waals surface area contributed by atoms with Crippen LogP contribution in [0.4, 0.5) is 0 Å². The lowest BCUT2D eigenvalue weighted by Crippen LogP contribution is -1.96. The Kier molecular flexibility index (Phi) is 15.0. The quantitative estimate of drug-likeness (QED) is 0.128. The molecule has 0 fully saturated rings. The van der Waals surface area contributed by atoms with Gasteiger partial charge in [-0.1, -0.05) is 309 Å². The van der Waals surface area contributed by atoms with Crippen molar-refractivity contribution in [2.24, 2.45) is 0 Å². The molecule has 0 bridgehead atoms. The Morgan fingerprint density at radius 3 is 0.842 bits per heavy atom. The average molecular weight is 1450 g/mol. The summed E-state index contributed by atoms with van der Waals surface area (Å²) in [6, 6.07) is 156. The molecule has 24 aromatic rings. The normalized spacial score (nSPS) is 11.9. The minimum absolute atomic E-state index is 1.15. The van der Waals surface area contributed by atoms with Gasteiger partial charge >= 0.3 is 0 Å². The fourth-order valence-corrected chi connectivity index (χ4v) is 18.7. The first kappa shape index (κ1) is 64.8. The number of aromatic nitrogens is 4. The van der Waals surface area contributed by atoms with Gasteiger partial charge in [0.2, 0.25) is 0 Å². The van der Waals surface area contributed by atoms with Crippen molar-refractivity contribution in [3.63, 3.8) is 0 Å². The number of benzene rings is 20. The number of fused-ring (bicyclic) bond motifs is 19.